The van der Waals surface area contributed by atoms with E-state index >= 15 is 0 Å². The van der Waals surface area contributed by atoms with E-state index < -0.39 is 0 Å². The minimum Gasteiger partial charge on any atom is -0.336 e. The van der Waals surface area contributed by atoms with Gasteiger partial charge in [-0.05, 0) is 69.0 Å². The van der Waals surface area contributed by atoms with Crippen molar-refractivity contribution in [1.82, 2.24) is 24.8 Å². The molecule has 1 aromatic carbocycles. The molecular formula is C26H33N5O2. The average molecular weight is 448 g/mol. The predicted molar refractivity (Wildman–Crippen MR) is 127 cm³/mol. The molecular weight excluding hydrogens is 414 g/mol. The van der Waals surface area contributed by atoms with Gasteiger partial charge in [0.1, 0.15) is 5.52 Å². The molecule has 7 heteroatoms. The van der Waals surface area contributed by atoms with Crippen molar-refractivity contribution in [1.29, 1.82) is 0 Å². The third-order valence-corrected chi connectivity index (χ3v) is 8.37. The molecule has 0 N–H and O–H groups in total. The first-order valence-corrected chi connectivity index (χ1v) is 12.8. The van der Waals surface area contributed by atoms with Gasteiger partial charge >= 0.3 is 0 Å². The van der Waals surface area contributed by atoms with Crippen molar-refractivity contribution in [3.8, 4) is 0 Å². The van der Waals surface area contributed by atoms with Gasteiger partial charge in [-0.1, -0.05) is 35.4 Å². The number of benzene rings is 1. The molecule has 0 spiro atoms. The highest BCUT2D eigenvalue weighted by atomic mass is 16.2. The van der Waals surface area contributed by atoms with Crippen molar-refractivity contribution in [2.24, 2.45) is 11.8 Å². The Labute approximate surface area is 194 Å². The van der Waals surface area contributed by atoms with Gasteiger partial charge in [-0.3, -0.25) is 14.5 Å². The van der Waals surface area contributed by atoms with E-state index in [1.165, 1.54) is 42.5 Å². The maximum absolute atomic E-state index is 13.3. The highest BCUT2D eigenvalue weighted by molar-refractivity contribution is 5.77. The topological polar surface area (TPSA) is 71.3 Å². The van der Waals surface area contributed by atoms with Crippen LogP contribution in [0.15, 0.2) is 40.7 Å². The van der Waals surface area contributed by atoms with E-state index in [0.29, 0.717) is 42.1 Å². The van der Waals surface area contributed by atoms with Crippen LogP contribution in [0.4, 0.5) is 0 Å². The largest absolute Gasteiger partial charge is 0.336 e. The third kappa shape index (κ3) is 3.80. The van der Waals surface area contributed by atoms with E-state index in [2.05, 4.69) is 26.2 Å². The van der Waals surface area contributed by atoms with Gasteiger partial charge in [-0.2, -0.15) is 0 Å². The zero-order chi connectivity index (χ0) is 22.4. The molecule has 3 fully saturated rings. The van der Waals surface area contributed by atoms with Crippen LogP contribution in [0.25, 0.3) is 10.9 Å². The maximum Gasteiger partial charge on any atom is 0.277 e. The Morgan fingerprint density at radius 2 is 2.03 bits per heavy atom. The van der Waals surface area contributed by atoms with Crippen molar-refractivity contribution < 1.29 is 4.79 Å². The molecule has 4 aliphatic rings. The smallest absolute Gasteiger partial charge is 0.277 e. The van der Waals surface area contributed by atoms with E-state index in [4.69, 9.17) is 0 Å². The average Bonchev–Trinajstić information content (AvgIpc) is 2.85. The van der Waals surface area contributed by atoms with E-state index in [1.807, 2.05) is 12.1 Å². The Bertz CT molecular complexity index is 1140. The molecule has 0 unspecified atom stereocenters. The number of rotatable bonds is 4. The van der Waals surface area contributed by atoms with Gasteiger partial charge < -0.3 is 4.90 Å². The number of nitrogens with zero attached hydrogens (tertiary/aromatic N) is 5. The van der Waals surface area contributed by atoms with Gasteiger partial charge in [0.05, 0.1) is 11.4 Å². The summed E-state index contributed by atoms with van der Waals surface area (Å²) in [4.78, 5) is 30.9. The van der Waals surface area contributed by atoms with Gasteiger partial charge in [0.15, 0.2) is 0 Å². The normalized spacial score (nSPS) is 29.3. The summed E-state index contributed by atoms with van der Waals surface area (Å²) in [5.41, 5.74) is 2.01. The van der Waals surface area contributed by atoms with Crippen LogP contribution in [0, 0.1) is 11.8 Å². The van der Waals surface area contributed by atoms with E-state index in [1.54, 1.807) is 12.1 Å². The first-order valence-electron chi connectivity index (χ1n) is 12.8. The summed E-state index contributed by atoms with van der Waals surface area (Å²) in [5.74, 6) is 1.48. The minimum absolute atomic E-state index is 0.132. The van der Waals surface area contributed by atoms with Crippen molar-refractivity contribution in [2.75, 3.05) is 19.6 Å². The Kier molecular flexibility index (Phi) is 5.52. The van der Waals surface area contributed by atoms with Crippen molar-refractivity contribution >= 4 is 16.8 Å². The van der Waals surface area contributed by atoms with Crippen LogP contribution in [-0.2, 0) is 11.3 Å². The number of aryl methyl sites for hydroxylation is 1. The quantitative estimate of drug-likeness (QED) is 0.674. The summed E-state index contributed by atoms with van der Waals surface area (Å²) in [6, 6.07) is 8.29. The lowest BCUT2D eigenvalue weighted by atomic mass is 9.68. The number of aromatic nitrogens is 3. The summed E-state index contributed by atoms with van der Waals surface area (Å²) < 4.78 is 1.40. The number of carbonyl (C=O) groups excluding carboxylic acids is 1. The van der Waals surface area contributed by atoms with Crippen LogP contribution >= 0.6 is 0 Å². The number of hydrogen-bond donors (Lipinski definition) is 0. The molecule has 4 heterocycles. The third-order valence-electron chi connectivity index (χ3n) is 8.37. The molecule has 174 valence electrons. The van der Waals surface area contributed by atoms with Crippen molar-refractivity contribution in [2.45, 2.75) is 70.0 Å². The summed E-state index contributed by atoms with van der Waals surface area (Å²) >= 11 is 0. The fraction of sp³-hybridized carbons (Fsp3) is 0.615. The number of piperidine rings is 3. The number of carbonyl (C=O) groups is 1. The number of fused-ring (bicyclic) bond motifs is 7. The molecule has 2 bridgehead atoms. The molecule has 6 rings (SSSR count). The maximum atomic E-state index is 13.3. The van der Waals surface area contributed by atoms with Crippen LogP contribution in [0.5, 0.6) is 0 Å². The Morgan fingerprint density at radius 3 is 2.97 bits per heavy atom. The van der Waals surface area contributed by atoms with Crippen LogP contribution in [-0.4, -0.2) is 62.4 Å². The summed E-state index contributed by atoms with van der Waals surface area (Å²) in [5, 5.41) is 8.81. The number of likely N-dealkylation sites (tertiary alicyclic amines) is 1. The molecule has 4 atom stereocenters. The lowest BCUT2D eigenvalue weighted by molar-refractivity contribution is -0.136. The van der Waals surface area contributed by atoms with Crippen LogP contribution < -0.4 is 5.56 Å². The fourth-order valence-electron chi connectivity index (χ4n) is 6.95. The molecule has 3 aliphatic heterocycles. The molecule has 33 heavy (non-hydrogen) atoms. The highest BCUT2D eigenvalue weighted by Gasteiger charge is 2.46. The minimum atomic E-state index is -0.132. The second-order valence-corrected chi connectivity index (χ2v) is 10.3. The molecule has 3 saturated heterocycles. The number of amides is 1. The van der Waals surface area contributed by atoms with E-state index in [-0.39, 0.29) is 17.5 Å². The van der Waals surface area contributed by atoms with Gasteiger partial charge in [-0.25, -0.2) is 4.68 Å². The molecule has 2 aromatic rings. The number of hydrogen-bond acceptors (Lipinski definition) is 5. The Hall–Kier alpha value is -2.54. The second kappa shape index (κ2) is 8.67. The molecule has 0 saturated carbocycles. The SMILES string of the molecule is O=C(CCCn1nnc2ccccc2c1=O)N1CCCC2=C[C@H]3C[C@@H](CN4CCCC[C@H]34)[C@@H]21. The monoisotopic (exact) mass is 447 g/mol. The van der Waals surface area contributed by atoms with Crippen molar-refractivity contribution in [3.63, 3.8) is 0 Å². The molecule has 7 nitrogen and oxygen atoms in total. The van der Waals surface area contributed by atoms with E-state index in [9.17, 15) is 9.59 Å². The molecule has 1 aliphatic carbocycles. The summed E-state index contributed by atoms with van der Waals surface area (Å²) in [7, 11) is 0. The van der Waals surface area contributed by atoms with Gasteiger partial charge in [0, 0.05) is 32.1 Å². The summed E-state index contributed by atoms with van der Waals surface area (Å²) in [6.07, 6.45) is 11.1. The summed E-state index contributed by atoms with van der Waals surface area (Å²) in [6.45, 7) is 3.66. The molecule has 1 amide bonds. The van der Waals surface area contributed by atoms with Crippen LogP contribution in [0.1, 0.15) is 51.4 Å². The fourth-order valence-corrected chi connectivity index (χ4v) is 6.95. The van der Waals surface area contributed by atoms with Crippen LogP contribution in [0.2, 0.25) is 0 Å². The van der Waals surface area contributed by atoms with E-state index in [0.717, 1.165) is 32.0 Å². The Balaban J connectivity index is 1.14. The zero-order valence-corrected chi connectivity index (χ0v) is 19.2. The predicted octanol–water partition coefficient (Wildman–Crippen LogP) is 2.99. The van der Waals surface area contributed by atoms with Gasteiger partial charge in [-0.15, -0.1) is 5.10 Å². The Morgan fingerprint density at radius 1 is 1.12 bits per heavy atom. The van der Waals surface area contributed by atoms with Crippen LogP contribution in [0.3, 0.4) is 0 Å². The second-order valence-electron chi connectivity index (χ2n) is 10.3. The first kappa shape index (κ1) is 21.0. The van der Waals surface area contributed by atoms with Crippen molar-refractivity contribution in [3.05, 3.63) is 46.3 Å². The molecule has 1 aromatic heterocycles. The van der Waals surface area contributed by atoms with Gasteiger partial charge in [0.25, 0.3) is 5.56 Å². The molecule has 0 radical (unpaired) electrons. The standard InChI is InChI=1S/C26H33N5O2/c32-24(11-6-14-31-26(33)21-8-1-2-9-22(21)27-28-31)30-13-5-7-18-15-19-16-20(25(18)30)17-29-12-4-3-10-23(19)29/h1-2,8-9,15,19-20,23,25H,3-7,10-14,16-17H2/t19-,20-,23+,25+/m0/s1. The lowest BCUT2D eigenvalue weighted by Crippen LogP contribution is -2.60. The lowest BCUT2D eigenvalue weighted by Gasteiger charge is -2.54. The van der Waals surface area contributed by atoms with Gasteiger partial charge in [0.2, 0.25) is 5.91 Å². The highest BCUT2D eigenvalue weighted by Crippen LogP contribution is 2.45. The first-order chi connectivity index (χ1) is 16.2. The zero-order valence-electron chi connectivity index (χ0n) is 19.2.